The normalized spacial score (nSPS) is 18.4. The lowest BCUT2D eigenvalue weighted by Gasteiger charge is -2.38. The SMILES string of the molecule is CC1(C)CN(C(=O)c2ccc3c(c2)Cc2ccccc2-3)CCO1. The molecule has 0 radical (unpaired) electrons. The van der Waals surface area contributed by atoms with Gasteiger partial charge in [-0.2, -0.15) is 0 Å². The Hall–Kier alpha value is -2.13. The zero-order chi connectivity index (χ0) is 16.0. The van der Waals surface area contributed by atoms with Crippen LogP contribution in [-0.2, 0) is 11.2 Å². The van der Waals surface area contributed by atoms with Crippen molar-refractivity contribution in [1.82, 2.24) is 4.90 Å². The second-order valence-electron chi connectivity index (χ2n) is 7.04. The number of carbonyl (C=O) groups excluding carboxylic acids is 1. The van der Waals surface area contributed by atoms with Gasteiger partial charge in [-0.25, -0.2) is 0 Å². The van der Waals surface area contributed by atoms with Crippen molar-refractivity contribution < 1.29 is 9.53 Å². The van der Waals surface area contributed by atoms with Crippen LogP contribution in [0.15, 0.2) is 42.5 Å². The van der Waals surface area contributed by atoms with Crippen molar-refractivity contribution in [2.75, 3.05) is 19.7 Å². The van der Waals surface area contributed by atoms with Crippen LogP contribution in [0.2, 0.25) is 0 Å². The first kappa shape index (κ1) is 14.5. The average Bonchev–Trinajstić information content (AvgIpc) is 2.90. The van der Waals surface area contributed by atoms with Crippen molar-refractivity contribution in [3.05, 3.63) is 59.2 Å². The van der Waals surface area contributed by atoms with Crippen LogP contribution in [0.25, 0.3) is 11.1 Å². The Labute approximate surface area is 136 Å². The molecule has 0 aromatic heterocycles. The molecule has 0 bridgehead atoms. The van der Waals surface area contributed by atoms with E-state index in [4.69, 9.17) is 4.74 Å². The van der Waals surface area contributed by atoms with Gasteiger partial charge < -0.3 is 9.64 Å². The summed E-state index contributed by atoms with van der Waals surface area (Å²) < 4.78 is 5.70. The van der Waals surface area contributed by atoms with Crippen LogP contribution >= 0.6 is 0 Å². The van der Waals surface area contributed by atoms with Crippen LogP contribution in [0.3, 0.4) is 0 Å². The van der Waals surface area contributed by atoms with Crippen LogP contribution < -0.4 is 0 Å². The molecule has 1 aliphatic heterocycles. The highest BCUT2D eigenvalue weighted by atomic mass is 16.5. The summed E-state index contributed by atoms with van der Waals surface area (Å²) in [6.45, 7) is 5.98. The molecule has 0 unspecified atom stereocenters. The quantitative estimate of drug-likeness (QED) is 0.688. The van der Waals surface area contributed by atoms with E-state index in [0.29, 0.717) is 19.7 Å². The minimum Gasteiger partial charge on any atom is -0.372 e. The van der Waals surface area contributed by atoms with Gasteiger partial charge in [-0.05, 0) is 54.7 Å². The molecule has 2 aromatic rings. The van der Waals surface area contributed by atoms with Crippen molar-refractivity contribution in [2.45, 2.75) is 25.9 Å². The summed E-state index contributed by atoms with van der Waals surface area (Å²) in [6, 6.07) is 14.6. The summed E-state index contributed by atoms with van der Waals surface area (Å²) in [5.74, 6) is 0.111. The highest BCUT2D eigenvalue weighted by Gasteiger charge is 2.31. The molecule has 2 aliphatic rings. The Morgan fingerprint density at radius 1 is 1.09 bits per heavy atom. The Bertz CT molecular complexity index is 779. The number of nitrogens with zero attached hydrogens (tertiary/aromatic N) is 1. The minimum absolute atomic E-state index is 0.111. The van der Waals surface area contributed by atoms with Gasteiger partial charge in [0.2, 0.25) is 0 Å². The summed E-state index contributed by atoms with van der Waals surface area (Å²) in [6.07, 6.45) is 0.918. The fraction of sp³-hybridized carbons (Fsp3) is 0.350. The van der Waals surface area contributed by atoms with Crippen LogP contribution in [0.1, 0.15) is 35.3 Å². The smallest absolute Gasteiger partial charge is 0.254 e. The Morgan fingerprint density at radius 2 is 1.87 bits per heavy atom. The van der Waals surface area contributed by atoms with Gasteiger partial charge in [-0.3, -0.25) is 4.79 Å². The van der Waals surface area contributed by atoms with Crippen molar-refractivity contribution >= 4 is 5.91 Å². The maximum absolute atomic E-state index is 12.8. The number of hydrogen-bond donors (Lipinski definition) is 0. The van der Waals surface area contributed by atoms with E-state index in [9.17, 15) is 4.79 Å². The van der Waals surface area contributed by atoms with E-state index >= 15 is 0 Å². The van der Waals surface area contributed by atoms with E-state index in [1.54, 1.807) is 0 Å². The minimum atomic E-state index is -0.263. The first-order chi connectivity index (χ1) is 11.0. The number of carbonyl (C=O) groups is 1. The molecule has 1 fully saturated rings. The summed E-state index contributed by atoms with van der Waals surface area (Å²) >= 11 is 0. The van der Waals surface area contributed by atoms with E-state index in [1.165, 1.54) is 22.3 Å². The number of hydrogen-bond acceptors (Lipinski definition) is 2. The second kappa shape index (κ2) is 5.20. The van der Waals surface area contributed by atoms with Crippen LogP contribution in [0, 0.1) is 0 Å². The molecule has 1 aliphatic carbocycles. The average molecular weight is 307 g/mol. The summed E-state index contributed by atoms with van der Waals surface area (Å²) in [5.41, 5.74) is 5.69. The lowest BCUT2D eigenvalue weighted by Crippen LogP contribution is -2.50. The van der Waals surface area contributed by atoms with Crippen LogP contribution in [-0.4, -0.2) is 36.1 Å². The van der Waals surface area contributed by atoms with Gasteiger partial charge >= 0.3 is 0 Å². The first-order valence-corrected chi connectivity index (χ1v) is 8.18. The fourth-order valence-corrected chi connectivity index (χ4v) is 3.65. The van der Waals surface area contributed by atoms with Crippen molar-refractivity contribution in [2.24, 2.45) is 0 Å². The van der Waals surface area contributed by atoms with E-state index in [1.807, 2.05) is 24.8 Å². The molecule has 23 heavy (non-hydrogen) atoms. The zero-order valence-electron chi connectivity index (χ0n) is 13.6. The highest BCUT2D eigenvalue weighted by molar-refractivity contribution is 5.96. The molecule has 2 aromatic carbocycles. The molecule has 0 atom stereocenters. The molecule has 1 saturated heterocycles. The molecule has 0 saturated carbocycles. The van der Waals surface area contributed by atoms with Crippen molar-refractivity contribution in [3.8, 4) is 11.1 Å². The van der Waals surface area contributed by atoms with Crippen LogP contribution in [0.5, 0.6) is 0 Å². The van der Waals surface area contributed by atoms with E-state index in [0.717, 1.165) is 12.0 Å². The summed E-state index contributed by atoms with van der Waals surface area (Å²) in [7, 11) is 0. The molecule has 1 heterocycles. The lowest BCUT2D eigenvalue weighted by molar-refractivity contribution is -0.0764. The van der Waals surface area contributed by atoms with Crippen molar-refractivity contribution in [3.63, 3.8) is 0 Å². The summed E-state index contributed by atoms with van der Waals surface area (Å²) in [4.78, 5) is 14.7. The third-order valence-corrected chi connectivity index (χ3v) is 4.75. The predicted molar refractivity (Wildman–Crippen MR) is 90.6 cm³/mol. The Balaban J connectivity index is 1.62. The molecular weight excluding hydrogens is 286 g/mol. The molecular formula is C20H21NO2. The molecule has 0 N–H and O–H groups in total. The second-order valence-corrected chi connectivity index (χ2v) is 7.04. The van der Waals surface area contributed by atoms with Crippen molar-refractivity contribution in [1.29, 1.82) is 0 Å². The Kier molecular flexibility index (Phi) is 3.27. The maximum Gasteiger partial charge on any atom is 0.254 e. The fourth-order valence-electron chi connectivity index (χ4n) is 3.65. The largest absolute Gasteiger partial charge is 0.372 e. The van der Waals surface area contributed by atoms with Gasteiger partial charge in [-0.15, -0.1) is 0 Å². The maximum atomic E-state index is 12.8. The zero-order valence-corrected chi connectivity index (χ0v) is 13.6. The molecule has 1 amide bonds. The van der Waals surface area contributed by atoms with E-state index in [-0.39, 0.29) is 11.5 Å². The van der Waals surface area contributed by atoms with Gasteiger partial charge in [0, 0.05) is 18.7 Å². The van der Waals surface area contributed by atoms with Gasteiger partial charge in [0.1, 0.15) is 0 Å². The summed E-state index contributed by atoms with van der Waals surface area (Å²) in [5, 5.41) is 0. The number of amides is 1. The standard InChI is InChI=1S/C20H21NO2/c1-20(2)13-21(9-10-23-20)19(22)15-7-8-18-16(12-15)11-14-5-3-4-6-17(14)18/h3-8,12H,9-11,13H2,1-2H3. The van der Waals surface area contributed by atoms with Gasteiger partial charge in [0.05, 0.1) is 12.2 Å². The molecule has 4 rings (SSSR count). The number of rotatable bonds is 1. The van der Waals surface area contributed by atoms with Gasteiger partial charge in [0.25, 0.3) is 5.91 Å². The first-order valence-electron chi connectivity index (χ1n) is 8.18. The number of morpholine rings is 1. The van der Waals surface area contributed by atoms with E-state index < -0.39 is 0 Å². The number of fused-ring (bicyclic) bond motifs is 3. The van der Waals surface area contributed by atoms with E-state index in [2.05, 4.69) is 36.4 Å². The predicted octanol–water partition coefficient (Wildman–Crippen LogP) is 3.51. The third kappa shape index (κ3) is 2.55. The van der Waals surface area contributed by atoms with Gasteiger partial charge in [-0.1, -0.05) is 30.3 Å². The molecule has 0 spiro atoms. The van der Waals surface area contributed by atoms with Gasteiger partial charge in [0.15, 0.2) is 0 Å². The molecule has 3 heteroatoms. The molecule has 118 valence electrons. The Morgan fingerprint density at radius 3 is 2.70 bits per heavy atom. The number of benzene rings is 2. The highest BCUT2D eigenvalue weighted by Crippen LogP contribution is 2.36. The van der Waals surface area contributed by atoms with Crippen LogP contribution in [0.4, 0.5) is 0 Å². The topological polar surface area (TPSA) is 29.5 Å². The number of ether oxygens (including phenoxy) is 1. The molecule has 3 nitrogen and oxygen atoms in total. The third-order valence-electron chi connectivity index (χ3n) is 4.75. The monoisotopic (exact) mass is 307 g/mol. The lowest BCUT2D eigenvalue weighted by atomic mass is 10.0.